The Morgan fingerprint density at radius 1 is 0.912 bits per heavy atom. The lowest BCUT2D eigenvalue weighted by Gasteiger charge is -2.13. The van der Waals surface area contributed by atoms with Crippen LogP contribution in [0.5, 0.6) is 0 Å². The molecule has 0 saturated carbocycles. The molecule has 0 saturated heterocycles. The van der Waals surface area contributed by atoms with E-state index in [4.69, 9.17) is 23.1 Å². The second-order valence-electron chi connectivity index (χ2n) is 7.37. The van der Waals surface area contributed by atoms with Gasteiger partial charge in [0.1, 0.15) is 4.88 Å². The van der Waals surface area contributed by atoms with Gasteiger partial charge in [-0.05, 0) is 42.0 Å². The summed E-state index contributed by atoms with van der Waals surface area (Å²) in [6.07, 6.45) is -0.715. The molecule has 4 rings (SSSR count). The van der Waals surface area contributed by atoms with Gasteiger partial charge in [0.05, 0.1) is 28.0 Å². The maximum absolute atomic E-state index is 13.0. The SMILES string of the molecule is NC(N)c1cccc(NC(=O)c2ccc(C(=O)O)cc2NC(=O)c2sc3ccccc3c2Cl)c1. The Bertz CT molecular complexity index is 1430. The summed E-state index contributed by atoms with van der Waals surface area (Å²) in [4.78, 5) is 37.8. The van der Waals surface area contributed by atoms with Crippen LogP contribution in [-0.4, -0.2) is 22.9 Å². The third-order valence-corrected chi connectivity index (χ3v) is 6.70. The first-order valence-electron chi connectivity index (χ1n) is 10.0. The molecular formula is C24H19ClN4O4S. The summed E-state index contributed by atoms with van der Waals surface area (Å²) in [5.41, 5.74) is 12.5. The highest BCUT2D eigenvalue weighted by Crippen LogP contribution is 2.36. The number of amides is 2. The zero-order valence-corrected chi connectivity index (χ0v) is 19.1. The summed E-state index contributed by atoms with van der Waals surface area (Å²) in [5, 5.41) is 15.8. The van der Waals surface area contributed by atoms with Crippen LogP contribution in [0.15, 0.2) is 66.7 Å². The van der Waals surface area contributed by atoms with Crippen molar-refractivity contribution in [3.8, 4) is 0 Å². The van der Waals surface area contributed by atoms with E-state index >= 15 is 0 Å². The highest BCUT2D eigenvalue weighted by atomic mass is 35.5. The number of rotatable bonds is 6. The molecular weight excluding hydrogens is 476 g/mol. The minimum Gasteiger partial charge on any atom is -0.478 e. The lowest BCUT2D eigenvalue weighted by Crippen LogP contribution is -2.21. The number of carboxylic acids is 1. The Morgan fingerprint density at radius 2 is 1.68 bits per heavy atom. The Morgan fingerprint density at radius 3 is 2.38 bits per heavy atom. The van der Waals surface area contributed by atoms with E-state index in [1.807, 2.05) is 18.2 Å². The smallest absolute Gasteiger partial charge is 0.335 e. The number of nitrogens with two attached hydrogens (primary N) is 2. The third kappa shape index (κ3) is 4.78. The molecule has 0 aliphatic rings. The number of hydrogen-bond donors (Lipinski definition) is 5. The summed E-state index contributed by atoms with van der Waals surface area (Å²) in [6, 6.07) is 17.8. The van der Waals surface area contributed by atoms with Gasteiger partial charge in [-0.2, -0.15) is 0 Å². The summed E-state index contributed by atoms with van der Waals surface area (Å²) < 4.78 is 0.827. The molecule has 0 atom stereocenters. The molecule has 0 spiro atoms. The Balaban J connectivity index is 1.67. The van der Waals surface area contributed by atoms with Gasteiger partial charge in [0.15, 0.2) is 0 Å². The van der Waals surface area contributed by atoms with E-state index in [2.05, 4.69) is 10.6 Å². The van der Waals surface area contributed by atoms with Gasteiger partial charge < -0.3 is 27.2 Å². The van der Waals surface area contributed by atoms with E-state index < -0.39 is 23.9 Å². The van der Waals surface area contributed by atoms with E-state index in [-0.39, 0.29) is 26.7 Å². The van der Waals surface area contributed by atoms with Gasteiger partial charge in [-0.1, -0.05) is 41.9 Å². The molecule has 0 aliphatic carbocycles. The van der Waals surface area contributed by atoms with Gasteiger partial charge in [-0.3, -0.25) is 9.59 Å². The van der Waals surface area contributed by atoms with E-state index in [1.165, 1.54) is 29.5 Å². The van der Waals surface area contributed by atoms with E-state index in [1.54, 1.807) is 30.3 Å². The Labute approximate surface area is 203 Å². The first-order chi connectivity index (χ1) is 16.2. The number of benzene rings is 3. The first-order valence-corrected chi connectivity index (χ1v) is 11.2. The summed E-state index contributed by atoms with van der Waals surface area (Å²) in [6.45, 7) is 0. The average Bonchev–Trinajstić information content (AvgIpc) is 3.16. The minimum absolute atomic E-state index is 0.0302. The van der Waals surface area contributed by atoms with Crippen molar-refractivity contribution in [3.05, 3.63) is 93.3 Å². The fraction of sp³-hybridized carbons (Fsp3) is 0.0417. The Hall–Kier alpha value is -3.76. The first kappa shape index (κ1) is 23.4. The number of anilines is 2. The highest BCUT2D eigenvalue weighted by molar-refractivity contribution is 7.21. The maximum Gasteiger partial charge on any atom is 0.335 e. The van der Waals surface area contributed by atoms with Crippen LogP contribution in [-0.2, 0) is 0 Å². The molecule has 1 aromatic heterocycles. The number of fused-ring (bicyclic) bond motifs is 1. The van der Waals surface area contributed by atoms with Crippen LogP contribution in [0.1, 0.15) is 42.1 Å². The molecule has 0 unspecified atom stereocenters. The van der Waals surface area contributed by atoms with Crippen molar-refractivity contribution in [2.75, 3.05) is 10.6 Å². The van der Waals surface area contributed by atoms with Gasteiger partial charge in [-0.15, -0.1) is 11.3 Å². The van der Waals surface area contributed by atoms with Crippen LogP contribution in [0.2, 0.25) is 5.02 Å². The quantitative estimate of drug-likeness (QED) is 0.246. The third-order valence-electron chi connectivity index (χ3n) is 5.03. The lowest BCUT2D eigenvalue weighted by atomic mass is 10.1. The average molecular weight is 495 g/mol. The van der Waals surface area contributed by atoms with Gasteiger partial charge in [0.2, 0.25) is 0 Å². The molecule has 2 amide bonds. The molecule has 4 aromatic rings. The van der Waals surface area contributed by atoms with Gasteiger partial charge >= 0.3 is 5.97 Å². The maximum atomic E-state index is 13.0. The number of hydrogen-bond acceptors (Lipinski definition) is 6. The Kier molecular flexibility index (Phi) is 6.62. The van der Waals surface area contributed by atoms with Crippen LogP contribution in [0, 0.1) is 0 Å². The molecule has 0 fully saturated rings. The monoisotopic (exact) mass is 494 g/mol. The van der Waals surface area contributed by atoms with Crippen LogP contribution < -0.4 is 22.1 Å². The molecule has 0 radical (unpaired) electrons. The normalized spacial score (nSPS) is 10.9. The van der Waals surface area contributed by atoms with Crippen LogP contribution in [0.3, 0.4) is 0 Å². The predicted molar refractivity (Wildman–Crippen MR) is 134 cm³/mol. The van der Waals surface area contributed by atoms with Crippen molar-refractivity contribution in [2.45, 2.75) is 6.17 Å². The molecule has 172 valence electrons. The summed E-state index contributed by atoms with van der Waals surface area (Å²) in [5.74, 6) is -2.32. The van der Waals surface area contributed by atoms with Crippen molar-refractivity contribution in [3.63, 3.8) is 0 Å². The topological polar surface area (TPSA) is 148 Å². The van der Waals surface area contributed by atoms with Gasteiger partial charge in [-0.25, -0.2) is 4.79 Å². The minimum atomic E-state index is -1.20. The van der Waals surface area contributed by atoms with Crippen molar-refractivity contribution in [1.29, 1.82) is 0 Å². The second kappa shape index (κ2) is 9.62. The highest BCUT2D eigenvalue weighted by Gasteiger charge is 2.21. The van der Waals surface area contributed by atoms with Crippen molar-refractivity contribution in [2.24, 2.45) is 11.5 Å². The zero-order chi connectivity index (χ0) is 24.4. The second-order valence-corrected chi connectivity index (χ2v) is 8.80. The standard InChI is InChI=1S/C24H19ClN4O4S/c25-19-16-6-1-2-7-18(16)34-20(19)23(31)29-17-11-13(24(32)33)8-9-15(17)22(30)28-14-5-3-4-12(10-14)21(26)27/h1-11,21H,26-27H2,(H,28,30)(H,29,31)(H,32,33). The number of carbonyl (C=O) groups is 3. The van der Waals surface area contributed by atoms with Crippen LogP contribution in [0.4, 0.5) is 11.4 Å². The van der Waals surface area contributed by atoms with Crippen molar-refractivity contribution >= 4 is 62.2 Å². The van der Waals surface area contributed by atoms with Gasteiger partial charge in [0, 0.05) is 15.8 Å². The van der Waals surface area contributed by atoms with Crippen molar-refractivity contribution < 1.29 is 19.5 Å². The number of halogens is 1. The largest absolute Gasteiger partial charge is 0.478 e. The van der Waals surface area contributed by atoms with Crippen molar-refractivity contribution in [1.82, 2.24) is 0 Å². The number of nitrogens with one attached hydrogen (secondary N) is 2. The lowest BCUT2D eigenvalue weighted by molar-refractivity contribution is 0.0696. The molecule has 8 nitrogen and oxygen atoms in total. The number of carboxylic acid groups (broad SMARTS) is 1. The molecule has 0 aliphatic heterocycles. The molecule has 0 bridgehead atoms. The van der Waals surface area contributed by atoms with E-state index in [0.717, 1.165) is 10.1 Å². The zero-order valence-electron chi connectivity index (χ0n) is 17.5. The number of thiophene rings is 1. The van der Waals surface area contributed by atoms with E-state index in [9.17, 15) is 19.5 Å². The number of aromatic carboxylic acids is 1. The molecule has 7 N–H and O–H groups in total. The number of carbonyl (C=O) groups excluding carboxylic acids is 2. The predicted octanol–water partition coefficient (Wildman–Crippen LogP) is 4.67. The fourth-order valence-corrected chi connectivity index (χ4v) is 4.75. The molecule has 34 heavy (non-hydrogen) atoms. The molecule has 10 heteroatoms. The summed E-state index contributed by atoms with van der Waals surface area (Å²) >= 11 is 7.60. The fourth-order valence-electron chi connectivity index (χ4n) is 3.34. The molecule has 3 aromatic carbocycles. The van der Waals surface area contributed by atoms with E-state index in [0.29, 0.717) is 11.3 Å². The van der Waals surface area contributed by atoms with Crippen LogP contribution in [0.25, 0.3) is 10.1 Å². The van der Waals surface area contributed by atoms with Crippen LogP contribution >= 0.6 is 22.9 Å². The van der Waals surface area contributed by atoms with Gasteiger partial charge in [0.25, 0.3) is 11.8 Å². The summed E-state index contributed by atoms with van der Waals surface area (Å²) in [7, 11) is 0. The molecule has 1 heterocycles.